The van der Waals surface area contributed by atoms with Crippen LogP contribution in [-0.4, -0.2) is 33.9 Å². The summed E-state index contributed by atoms with van der Waals surface area (Å²) in [5.41, 5.74) is 1.67. The summed E-state index contributed by atoms with van der Waals surface area (Å²) in [6, 6.07) is 7.01. The van der Waals surface area contributed by atoms with Gasteiger partial charge >= 0.3 is 0 Å². The Morgan fingerprint density at radius 3 is 2.40 bits per heavy atom. The smallest absolute Gasteiger partial charge is 0.258 e. The van der Waals surface area contributed by atoms with Crippen LogP contribution in [0.4, 0.5) is 0 Å². The normalized spacial score (nSPS) is 10.3. The fraction of sp³-hybridized carbons (Fsp3) is 0.267. The van der Waals surface area contributed by atoms with E-state index in [9.17, 15) is 9.59 Å². The molecule has 2 aromatic rings. The van der Waals surface area contributed by atoms with Crippen LogP contribution in [-0.2, 0) is 0 Å². The maximum Gasteiger partial charge on any atom is 0.258 e. The molecular weight excluding hydrogens is 254 g/mol. The molecule has 2 rings (SSSR count). The van der Waals surface area contributed by atoms with E-state index in [1.54, 1.807) is 29.2 Å². The van der Waals surface area contributed by atoms with E-state index in [1.807, 2.05) is 13.8 Å². The van der Waals surface area contributed by atoms with Crippen molar-refractivity contribution in [3.8, 4) is 11.1 Å². The third-order valence-corrected chi connectivity index (χ3v) is 3.21. The van der Waals surface area contributed by atoms with Gasteiger partial charge in [0.05, 0.1) is 11.9 Å². The minimum atomic E-state index is -0.192. The lowest BCUT2D eigenvalue weighted by molar-refractivity contribution is 0.0773. The van der Waals surface area contributed by atoms with Crippen LogP contribution >= 0.6 is 0 Å². The standard InChI is InChI=1S/C15H17N3O2/c1-3-18(4-2)15(20)12-7-5-11(6-8-12)13-9-16-10-17-14(13)19/h5-10H,3-4H2,1-2H3,(H,16,17,19). The molecule has 0 aliphatic heterocycles. The summed E-state index contributed by atoms with van der Waals surface area (Å²) in [4.78, 5) is 32.0. The fourth-order valence-electron chi connectivity index (χ4n) is 2.04. The van der Waals surface area contributed by atoms with E-state index in [0.717, 1.165) is 5.56 Å². The molecule has 104 valence electrons. The number of aromatic nitrogens is 2. The Hall–Kier alpha value is -2.43. The zero-order valence-electron chi connectivity index (χ0n) is 11.6. The summed E-state index contributed by atoms with van der Waals surface area (Å²) in [6.45, 7) is 5.26. The van der Waals surface area contributed by atoms with Crippen molar-refractivity contribution < 1.29 is 4.79 Å². The van der Waals surface area contributed by atoms with Crippen molar-refractivity contribution in [2.24, 2.45) is 0 Å². The number of hydrogen-bond acceptors (Lipinski definition) is 3. The highest BCUT2D eigenvalue weighted by Gasteiger charge is 2.12. The molecule has 0 fully saturated rings. The molecule has 5 heteroatoms. The van der Waals surface area contributed by atoms with Gasteiger partial charge < -0.3 is 9.88 Å². The lowest BCUT2D eigenvalue weighted by Gasteiger charge is -2.18. The quantitative estimate of drug-likeness (QED) is 0.923. The zero-order chi connectivity index (χ0) is 14.5. The predicted octanol–water partition coefficient (Wildman–Crippen LogP) is 1.92. The summed E-state index contributed by atoms with van der Waals surface area (Å²) in [6.07, 6.45) is 2.87. The van der Waals surface area contributed by atoms with Crippen molar-refractivity contribution in [2.45, 2.75) is 13.8 Å². The second-order valence-electron chi connectivity index (χ2n) is 4.35. The van der Waals surface area contributed by atoms with E-state index in [2.05, 4.69) is 9.97 Å². The monoisotopic (exact) mass is 271 g/mol. The van der Waals surface area contributed by atoms with Crippen LogP contribution in [0.5, 0.6) is 0 Å². The highest BCUT2D eigenvalue weighted by Crippen LogP contribution is 2.15. The molecule has 0 bridgehead atoms. The Morgan fingerprint density at radius 1 is 1.20 bits per heavy atom. The Kier molecular flexibility index (Phi) is 4.30. The Balaban J connectivity index is 2.29. The molecule has 0 aliphatic carbocycles. The van der Waals surface area contributed by atoms with Gasteiger partial charge in [-0.05, 0) is 31.5 Å². The van der Waals surface area contributed by atoms with E-state index in [0.29, 0.717) is 24.2 Å². The molecule has 0 radical (unpaired) electrons. The van der Waals surface area contributed by atoms with E-state index in [1.165, 1.54) is 12.5 Å². The van der Waals surface area contributed by atoms with Crippen LogP contribution < -0.4 is 5.56 Å². The highest BCUT2D eigenvalue weighted by atomic mass is 16.2. The zero-order valence-corrected chi connectivity index (χ0v) is 11.6. The van der Waals surface area contributed by atoms with Gasteiger partial charge in [-0.1, -0.05) is 12.1 Å². The van der Waals surface area contributed by atoms with Gasteiger partial charge in [-0.25, -0.2) is 4.98 Å². The number of aromatic amines is 1. The molecule has 1 N–H and O–H groups in total. The van der Waals surface area contributed by atoms with Crippen LogP contribution in [0.1, 0.15) is 24.2 Å². The Labute approximate surface area is 117 Å². The molecule has 1 aromatic heterocycles. The number of carbonyl (C=O) groups is 1. The summed E-state index contributed by atoms with van der Waals surface area (Å²) in [7, 11) is 0. The highest BCUT2D eigenvalue weighted by molar-refractivity contribution is 5.94. The second-order valence-corrected chi connectivity index (χ2v) is 4.35. The number of carbonyl (C=O) groups excluding carboxylic acids is 1. The summed E-state index contributed by atoms with van der Waals surface area (Å²) < 4.78 is 0. The second kappa shape index (κ2) is 6.14. The molecule has 0 saturated heterocycles. The van der Waals surface area contributed by atoms with Gasteiger partial charge in [0.2, 0.25) is 0 Å². The van der Waals surface area contributed by atoms with Gasteiger partial charge in [0.1, 0.15) is 0 Å². The predicted molar refractivity (Wildman–Crippen MR) is 77.5 cm³/mol. The first-order chi connectivity index (χ1) is 9.67. The SMILES string of the molecule is CCN(CC)C(=O)c1ccc(-c2cnc[nH]c2=O)cc1. The molecule has 0 spiro atoms. The molecule has 1 aromatic carbocycles. The number of amides is 1. The van der Waals surface area contributed by atoms with Gasteiger partial charge in [0, 0.05) is 24.8 Å². The summed E-state index contributed by atoms with van der Waals surface area (Å²) in [5, 5.41) is 0. The van der Waals surface area contributed by atoms with Crippen LogP contribution in [0.15, 0.2) is 41.6 Å². The van der Waals surface area contributed by atoms with Crippen molar-refractivity contribution in [3.63, 3.8) is 0 Å². The molecule has 1 amide bonds. The number of nitrogens with one attached hydrogen (secondary N) is 1. The van der Waals surface area contributed by atoms with Gasteiger partial charge in [-0.2, -0.15) is 0 Å². The molecule has 0 aliphatic rings. The Morgan fingerprint density at radius 2 is 1.85 bits per heavy atom. The van der Waals surface area contributed by atoms with Crippen molar-refractivity contribution in [2.75, 3.05) is 13.1 Å². The van der Waals surface area contributed by atoms with Crippen LogP contribution in [0.2, 0.25) is 0 Å². The number of benzene rings is 1. The molecule has 0 atom stereocenters. The Bertz CT molecular complexity index is 643. The van der Waals surface area contributed by atoms with Crippen molar-refractivity contribution in [3.05, 3.63) is 52.7 Å². The first kappa shape index (κ1) is 14.0. The minimum absolute atomic E-state index is 0.00152. The van der Waals surface area contributed by atoms with Gasteiger partial charge in [-0.15, -0.1) is 0 Å². The lowest BCUT2D eigenvalue weighted by atomic mass is 10.1. The van der Waals surface area contributed by atoms with E-state index in [-0.39, 0.29) is 11.5 Å². The van der Waals surface area contributed by atoms with Crippen molar-refractivity contribution in [1.29, 1.82) is 0 Å². The first-order valence-corrected chi connectivity index (χ1v) is 6.59. The number of rotatable bonds is 4. The third kappa shape index (κ3) is 2.77. The number of H-pyrrole nitrogens is 1. The van der Waals surface area contributed by atoms with Gasteiger partial charge in [0.25, 0.3) is 11.5 Å². The maximum atomic E-state index is 12.2. The van der Waals surface area contributed by atoms with Crippen molar-refractivity contribution >= 4 is 5.91 Å². The third-order valence-electron chi connectivity index (χ3n) is 3.21. The van der Waals surface area contributed by atoms with Crippen LogP contribution in [0, 0.1) is 0 Å². The maximum absolute atomic E-state index is 12.2. The van der Waals surface area contributed by atoms with Gasteiger partial charge in [-0.3, -0.25) is 9.59 Å². The molecule has 1 heterocycles. The lowest BCUT2D eigenvalue weighted by Crippen LogP contribution is -2.30. The molecule has 0 saturated carbocycles. The van der Waals surface area contributed by atoms with Crippen LogP contribution in [0.25, 0.3) is 11.1 Å². The fourth-order valence-corrected chi connectivity index (χ4v) is 2.04. The van der Waals surface area contributed by atoms with Crippen LogP contribution in [0.3, 0.4) is 0 Å². The van der Waals surface area contributed by atoms with Gasteiger partial charge in [0.15, 0.2) is 0 Å². The summed E-state index contributed by atoms with van der Waals surface area (Å²) >= 11 is 0. The number of hydrogen-bond donors (Lipinski definition) is 1. The van der Waals surface area contributed by atoms with E-state index in [4.69, 9.17) is 0 Å². The summed E-state index contributed by atoms with van der Waals surface area (Å²) in [5.74, 6) is 0.00152. The first-order valence-electron chi connectivity index (χ1n) is 6.59. The van der Waals surface area contributed by atoms with E-state index >= 15 is 0 Å². The van der Waals surface area contributed by atoms with E-state index < -0.39 is 0 Å². The molecule has 0 unspecified atom stereocenters. The largest absolute Gasteiger partial charge is 0.339 e. The average molecular weight is 271 g/mol. The van der Waals surface area contributed by atoms with Crippen molar-refractivity contribution in [1.82, 2.24) is 14.9 Å². The minimum Gasteiger partial charge on any atom is -0.339 e. The molecule has 5 nitrogen and oxygen atoms in total. The number of nitrogens with zero attached hydrogens (tertiary/aromatic N) is 2. The average Bonchev–Trinajstić information content (AvgIpc) is 2.49. The molecule has 20 heavy (non-hydrogen) atoms. The molecular formula is C15H17N3O2. The topological polar surface area (TPSA) is 66.1 Å².